The molecule has 28 heavy (non-hydrogen) atoms. The summed E-state index contributed by atoms with van der Waals surface area (Å²) in [5.41, 5.74) is 1.47. The second-order valence-electron chi connectivity index (χ2n) is 6.25. The molecule has 0 aliphatic rings. The van der Waals surface area contributed by atoms with E-state index in [1.807, 2.05) is 19.9 Å². The lowest BCUT2D eigenvalue weighted by Crippen LogP contribution is -2.30. The molecule has 0 aliphatic carbocycles. The van der Waals surface area contributed by atoms with Crippen LogP contribution in [-0.4, -0.2) is 19.1 Å². The maximum Gasteiger partial charge on any atom is 0.262 e. The molecule has 146 valence electrons. The van der Waals surface area contributed by atoms with Gasteiger partial charge in [0, 0.05) is 6.04 Å². The normalized spacial score (nSPS) is 11.1. The minimum Gasteiger partial charge on any atom is -0.493 e. The van der Waals surface area contributed by atoms with E-state index < -0.39 is 5.91 Å². The summed E-state index contributed by atoms with van der Waals surface area (Å²) >= 11 is 2.10. The monoisotopic (exact) mass is 494 g/mol. The Hall–Kier alpha value is -2.60. The third kappa shape index (κ3) is 5.96. The summed E-state index contributed by atoms with van der Waals surface area (Å²) in [4.78, 5) is 12.1. The van der Waals surface area contributed by atoms with Gasteiger partial charge in [0.05, 0.1) is 10.7 Å². The molecule has 0 radical (unpaired) electrons. The molecule has 2 aromatic carbocycles. The zero-order valence-corrected chi connectivity index (χ0v) is 17.9. The number of nitrogens with zero attached hydrogens (tertiary/aromatic N) is 1. The predicted octanol–water partition coefficient (Wildman–Crippen LogP) is 4.45. The van der Waals surface area contributed by atoms with Gasteiger partial charge in [-0.25, -0.2) is 4.39 Å². The molecule has 1 N–H and O–H groups in total. The molecule has 0 aliphatic heterocycles. The van der Waals surface area contributed by atoms with Crippen molar-refractivity contribution < 1.29 is 18.7 Å². The lowest BCUT2D eigenvalue weighted by atomic mass is 10.1. The van der Waals surface area contributed by atoms with E-state index in [-0.39, 0.29) is 24.0 Å². The van der Waals surface area contributed by atoms with Crippen LogP contribution in [0, 0.1) is 20.7 Å². The SMILES string of the molecule is COc1cc(/C=C(/C#N)C(=O)NC(C)C)cc(I)c1OCc1ccc(F)cc1. The van der Waals surface area contributed by atoms with Gasteiger partial charge in [0.25, 0.3) is 5.91 Å². The molecule has 0 spiro atoms. The third-order valence-corrected chi connectivity index (χ3v) is 4.45. The average molecular weight is 494 g/mol. The zero-order valence-electron chi connectivity index (χ0n) is 15.8. The molecular weight excluding hydrogens is 474 g/mol. The van der Waals surface area contributed by atoms with Crippen LogP contribution in [0.1, 0.15) is 25.0 Å². The Morgan fingerprint density at radius 2 is 2.00 bits per heavy atom. The van der Waals surface area contributed by atoms with Crippen molar-refractivity contribution in [2.24, 2.45) is 0 Å². The molecule has 0 fully saturated rings. The van der Waals surface area contributed by atoms with E-state index in [2.05, 4.69) is 27.9 Å². The Kier molecular flexibility index (Phi) is 7.81. The van der Waals surface area contributed by atoms with Crippen LogP contribution in [-0.2, 0) is 11.4 Å². The molecule has 1 amide bonds. The van der Waals surface area contributed by atoms with Crippen LogP contribution >= 0.6 is 22.6 Å². The van der Waals surface area contributed by atoms with E-state index >= 15 is 0 Å². The van der Waals surface area contributed by atoms with Crippen molar-refractivity contribution >= 4 is 34.6 Å². The van der Waals surface area contributed by atoms with Crippen molar-refractivity contribution in [3.8, 4) is 17.6 Å². The largest absolute Gasteiger partial charge is 0.493 e. The topological polar surface area (TPSA) is 71.3 Å². The standard InChI is InChI=1S/C21H20FIN2O3/c1-13(2)25-21(26)16(11-24)8-15-9-18(23)20(19(10-15)27-3)28-12-14-4-6-17(22)7-5-14/h4-10,13H,12H2,1-3H3,(H,25,26)/b16-8-. The van der Waals surface area contributed by atoms with E-state index in [1.54, 1.807) is 24.3 Å². The fourth-order valence-corrected chi connectivity index (χ4v) is 3.14. The van der Waals surface area contributed by atoms with Crippen LogP contribution in [0.25, 0.3) is 6.08 Å². The molecule has 0 unspecified atom stereocenters. The Bertz CT molecular complexity index is 918. The second kappa shape index (κ2) is 10.1. The Morgan fingerprint density at radius 1 is 1.32 bits per heavy atom. The van der Waals surface area contributed by atoms with E-state index in [9.17, 15) is 14.4 Å². The first-order valence-electron chi connectivity index (χ1n) is 8.51. The average Bonchev–Trinajstić information content (AvgIpc) is 2.65. The summed E-state index contributed by atoms with van der Waals surface area (Å²) < 4.78 is 25.0. The highest BCUT2D eigenvalue weighted by molar-refractivity contribution is 14.1. The Balaban J connectivity index is 2.27. The number of methoxy groups -OCH3 is 1. The highest BCUT2D eigenvalue weighted by Crippen LogP contribution is 2.35. The highest BCUT2D eigenvalue weighted by atomic mass is 127. The van der Waals surface area contributed by atoms with E-state index in [4.69, 9.17) is 9.47 Å². The maximum atomic E-state index is 13.0. The fraction of sp³-hybridized carbons (Fsp3) is 0.238. The molecule has 0 bridgehead atoms. The number of halogens is 2. The number of carbonyl (C=O) groups excluding carboxylic acids is 1. The van der Waals surface area contributed by atoms with E-state index in [1.165, 1.54) is 25.3 Å². The second-order valence-corrected chi connectivity index (χ2v) is 7.41. The summed E-state index contributed by atoms with van der Waals surface area (Å²) in [5, 5.41) is 12.0. The third-order valence-electron chi connectivity index (χ3n) is 3.64. The van der Waals surface area contributed by atoms with Crippen LogP contribution < -0.4 is 14.8 Å². The van der Waals surface area contributed by atoms with Crippen molar-refractivity contribution in [2.75, 3.05) is 7.11 Å². The van der Waals surface area contributed by atoms with Crippen molar-refractivity contribution in [1.82, 2.24) is 5.32 Å². The summed E-state index contributed by atoms with van der Waals surface area (Å²) in [6, 6.07) is 11.4. The predicted molar refractivity (Wildman–Crippen MR) is 113 cm³/mol. The molecule has 0 saturated heterocycles. The van der Waals surface area contributed by atoms with E-state index in [0.29, 0.717) is 17.1 Å². The van der Waals surface area contributed by atoms with Gasteiger partial charge in [-0.05, 0) is 77.9 Å². The number of benzene rings is 2. The van der Waals surface area contributed by atoms with Crippen LogP contribution in [0.15, 0.2) is 42.0 Å². The number of hydrogen-bond donors (Lipinski definition) is 1. The number of rotatable bonds is 7. The van der Waals surface area contributed by atoms with Gasteiger partial charge >= 0.3 is 0 Å². The molecule has 7 heteroatoms. The van der Waals surface area contributed by atoms with Crippen molar-refractivity contribution in [3.63, 3.8) is 0 Å². The van der Waals surface area contributed by atoms with Gasteiger partial charge in [-0.2, -0.15) is 5.26 Å². The summed E-state index contributed by atoms with van der Waals surface area (Å²) in [6.07, 6.45) is 1.51. The van der Waals surface area contributed by atoms with Crippen LogP contribution in [0.3, 0.4) is 0 Å². The van der Waals surface area contributed by atoms with Gasteiger partial charge in [-0.15, -0.1) is 0 Å². The number of ether oxygens (including phenoxy) is 2. The van der Waals surface area contributed by atoms with Crippen molar-refractivity contribution in [1.29, 1.82) is 5.26 Å². The van der Waals surface area contributed by atoms with Gasteiger partial charge in [0.2, 0.25) is 0 Å². The molecule has 0 aromatic heterocycles. The first-order chi connectivity index (χ1) is 13.3. The summed E-state index contributed by atoms with van der Waals surface area (Å²) in [5.74, 6) is 0.279. The van der Waals surface area contributed by atoms with Crippen LogP contribution in [0.5, 0.6) is 11.5 Å². The van der Waals surface area contributed by atoms with Gasteiger partial charge in [-0.3, -0.25) is 4.79 Å². The summed E-state index contributed by atoms with van der Waals surface area (Å²) in [7, 11) is 1.51. The number of nitrogens with one attached hydrogen (secondary N) is 1. The lowest BCUT2D eigenvalue weighted by Gasteiger charge is -2.14. The highest BCUT2D eigenvalue weighted by Gasteiger charge is 2.14. The smallest absolute Gasteiger partial charge is 0.262 e. The maximum absolute atomic E-state index is 13.0. The molecule has 0 heterocycles. The molecule has 2 aromatic rings. The number of hydrogen-bond acceptors (Lipinski definition) is 4. The first-order valence-corrected chi connectivity index (χ1v) is 9.59. The fourth-order valence-electron chi connectivity index (χ4n) is 2.35. The minimum absolute atomic E-state index is 0.00605. The van der Waals surface area contributed by atoms with Crippen molar-refractivity contribution in [3.05, 3.63) is 62.5 Å². The molecule has 0 atom stereocenters. The van der Waals surface area contributed by atoms with Crippen molar-refractivity contribution in [2.45, 2.75) is 26.5 Å². The van der Waals surface area contributed by atoms with E-state index in [0.717, 1.165) is 9.13 Å². The lowest BCUT2D eigenvalue weighted by molar-refractivity contribution is -0.117. The molecule has 2 rings (SSSR count). The zero-order chi connectivity index (χ0) is 20.7. The van der Waals surface area contributed by atoms with Gasteiger partial charge < -0.3 is 14.8 Å². The Labute approximate surface area is 177 Å². The van der Waals surface area contributed by atoms with Gasteiger partial charge in [0.1, 0.15) is 24.1 Å². The van der Waals surface area contributed by atoms with Gasteiger partial charge in [0.15, 0.2) is 11.5 Å². The molecule has 5 nitrogen and oxygen atoms in total. The summed E-state index contributed by atoms with van der Waals surface area (Å²) in [6.45, 7) is 3.90. The first kappa shape index (κ1) is 21.7. The number of carbonyl (C=O) groups is 1. The minimum atomic E-state index is -0.428. The van der Waals surface area contributed by atoms with Crippen LogP contribution in [0.2, 0.25) is 0 Å². The van der Waals surface area contributed by atoms with Gasteiger partial charge in [-0.1, -0.05) is 12.1 Å². The molecule has 0 saturated carbocycles. The quantitative estimate of drug-likeness (QED) is 0.351. The molecular formula is C21H20FIN2O3. The Morgan fingerprint density at radius 3 is 2.57 bits per heavy atom. The number of nitriles is 1. The number of amides is 1. The van der Waals surface area contributed by atoms with Crippen LogP contribution in [0.4, 0.5) is 4.39 Å².